The zero-order chi connectivity index (χ0) is 13.8. The monoisotopic (exact) mass is 270 g/mol. The van der Waals surface area contributed by atoms with Gasteiger partial charge in [-0.25, -0.2) is 4.98 Å². The van der Waals surface area contributed by atoms with Crippen LogP contribution in [-0.4, -0.2) is 46.5 Å². The minimum Gasteiger partial charge on any atom is -0.353 e. The Hall–Kier alpha value is -2.30. The Morgan fingerprint density at radius 1 is 1.05 bits per heavy atom. The maximum Gasteiger partial charge on any atom is 0.242 e. The smallest absolute Gasteiger partial charge is 0.242 e. The van der Waals surface area contributed by atoms with Crippen LogP contribution in [0.4, 0.5) is 5.82 Å². The highest BCUT2D eigenvalue weighted by Crippen LogP contribution is 2.12. The molecule has 1 fully saturated rings. The Labute approximate surface area is 118 Å². The highest BCUT2D eigenvalue weighted by molar-refractivity contribution is 5.76. The van der Waals surface area contributed by atoms with Crippen molar-refractivity contribution in [2.75, 3.05) is 31.1 Å². The average molecular weight is 270 g/mol. The predicted octanol–water partition coefficient (Wildman–Crippen LogP) is 1.23. The van der Waals surface area contributed by atoms with Gasteiger partial charge in [0.2, 0.25) is 5.91 Å². The minimum atomic E-state index is 0.182. The summed E-state index contributed by atoms with van der Waals surface area (Å²) in [5, 5.41) is 0. The van der Waals surface area contributed by atoms with E-state index in [1.807, 2.05) is 52.2 Å². The lowest BCUT2D eigenvalue weighted by Gasteiger charge is -2.35. The molecule has 2 aromatic heterocycles. The van der Waals surface area contributed by atoms with E-state index in [1.165, 1.54) is 0 Å². The largest absolute Gasteiger partial charge is 0.353 e. The second-order valence-corrected chi connectivity index (χ2v) is 4.91. The molecule has 0 N–H and O–H groups in total. The molecule has 2 aromatic rings. The summed E-state index contributed by atoms with van der Waals surface area (Å²) >= 11 is 0. The van der Waals surface area contributed by atoms with Gasteiger partial charge >= 0.3 is 0 Å². The summed E-state index contributed by atoms with van der Waals surface area (Å²) in [5.74, 6) is 1.17. The van der Waals surface area contributed by atoms with Crippen LogP contribution in [-0.2, 0) is 11.3 Å². The molecule has 1 amide bonds. The first-order chi connectivity index (χ1) is 9.83. The van der Waals surface area contributed by atoms with E-state index < -0.39 is 0 Å². The Morgan fingerprint density at radius 3 is 2.45 bits per heavy atom. The fourth-order valence-electron chi connectivity index (χ4n) is 2.46. The van der Waals surface area contributed by atoms with Crippen LogP contribution in [0.25, 0.3) is 0 Å². The molecule has 1 aliphatic heterocycles. The predicted molar refractivity (Wildman–Crippen MR) is 77.5 cm³/mol. The third-order valence-electron chi connectivity index (χ3n) is 3.59. The summed E-state index contributed by atoms with van der Waals surface area (Å²) in [6.07, 6.45) is 5.64. The van der Waals surface area contributed by atoms with Crippen LogP contribution in [0.1, 0.15) is 0 Å². The summed E-state index contributed by atoms with van der Waals surface area (Å²) in [7, 11) is 0. The molecule has 1 saturated heterocycles. The van der Waals surface area contributed by atoms with Gasteiger partial charge in [-0.2, -0.15) is 0 Å². The Bertz CT molecular complexity index is 545. The topological polar surface area (TPSA) is 41.4 Å². The van der Waals surface area contributed by atoms with Gasteiger partial charge in [-0.05, 0) is 24.3 Å². The fourth-order valence-corrected chi connectivity index (χ4v) is 2.46. The molecule has 20 heavy (non-hydrogen) atoms. The molecule has 5 heteroatoms. The quantitative estimate of drug-likeness (QED) is 0.842. The zero-order valence-electron chi connectivity index (χ0n) is 11.4. The molecule has 0 atom stereocenters. The van der Waals surface area contributed by atoms with Gasteiger partial charge in [0, 0.05) is 44.8 Å². The standard InChI is InChI=1S/C15H18N4O/c20-15(13-17-7-3-4-8-17)19-11-9-18(10-12-19)14-5-1-2-6-16-14/h1-8H,9-13H2. The second-order valence-electron chi connectivity index (χ2n) is 4.91. The molecule has 0 bridgehead atoms. The van der Waals surface area contributed by atoms with Crippen molar-refractivity contribution in [3.63, 3.8) is 0 Å². The summed E-state index contributed by atoms with van der Waals surface area (Å²) < 4.78 is 1.91. The van der Waals surface area contributed by atoms with Crippen LogP contribution in [0.15, 0.2) is 48.9 Å². The van der Waals surface area contributed by atoms with E-state index in [0.717, 1.165) is 32.0 Å². The number of nitrogens with zero attached hydrogens (tertiary/aromatic N) is 4. The Kier molecular flexibility index (Phi) is 3.67. The number of carbonyl (C=O) groups is 1. The first-order valence-corrected chi connectivity index (χ1v) is 6.87. The molecule has 1 aliphatic rings. The van der Waals surface area contributed by atoms with Gasteiger partial charge in [0.05, 0.1) is 0 Å². The first kappa shape index (κ1) is 12.7. The minimum absolute atomic E-state index is 0.182. The van der Waals surface area contributed by atoms with E-state index >= 15 is 0 Å². The van der Waals surface area contributed by atoms with Crippen molar-refractivity contribution in [2.45, 2.75) is 6.54 Å². The van der Waals surface area contributed by atoms with E-state index in [1.54, 1.807) is 6.20 Å². The van der Waals surface area contributed by atoms with Crippen molar-refractivity contribution in [2.24, 2.45) is 0 Å². The van der Waals surface area contributed by atoms with Gasteiger partial charge in [-0.15, -0.1) is 0 Å². The van der Waals surface area contributed by atoms with Crippen LogP contribution in [0, 0.1) is 0 Å². The number of rotatable bonds is 3. The molecule has 0 unspecified atom stereocenters. The highest BCUT2D eigenvalue weighted by Gasteiger charge is 2.21. The van der Waals surface area contributed by atoms with Crippen molar-refractivity contribution < 1.29 is 4.79 Å². The molecule has 0 saturated carbocycles. The van der Waals surface area contributed by atoms with E-state index in [-0.39, 0.29) is 5.91 Å². The normalized spacial score (nSPS) is 15.4. The van der Waals surface area contributed by atoms with Crippen molar-refractivity contribution in [1.29, 1.82) is 0 Å². The van der Waals surface area contributed by atoms with E-state index in [0.29, 0.717) is 6.54 Å². The van der Waals surface area contributed by atoms with Crippen molar-refractivity contribution in [3.8, 4) is 0 Å². The fraction of sp³-hybridized carbons (Fsp3) is 0.333. The molecular formula is C15H18N4O. The van der Waals surface area contributed by atoms with Crippen LogP contribution >= 0.6 is 0 Å². The van der Waals surface area contributed by atoms with Gasteiger partial charge in [-0.3, -0.25) is 4.79 Å². The SMILES string of the molecule is O=C(Cn1cccc1)N1CCN(c2ccccn2)CC1. The maximum atomic E-state index is 12.2. The first-order valence-electron chi connectivity index (χ1n) is 6.87. The highest BCUT2D eigenvalue weighted by atomic mass is 16.2. The van der Waals surface area contributed by atoms with Gasteiger partial charge in [0.25, 0.3) is 0 Å². The molecule has 0 aliphatic carbocycles. The molecule has 0 radical (unpaired) electrons. The van der Waals surface area contributed by atoms with Gasteiger partial charge in [0.15, 0.2) is 0 Å². The molecule has 3 rings (SSSR count). The number of hydrogen-bond donors (Lipinski definition) is 0. The molecule has 0 aromatic carbocycles. The Balaban J connectivity index is 1.54. The van der Waals surface area contributed by atoms with Crippen LogP contribution in [0.2, 0.25) is 0 Å². The lowest BCUT2D eigenvalue weighted by atomic mass is 10.3. The van der Waals surface area contributed by atoms with E-state index in [4.69, 9.17) is 0 Å². The number of anilines is 1. The average Bonchev–Trinajstić information content (AvgIpc) is 3.01. The number of aromatic nitrogens is 2. The summed E-state index contributed by atoms with van der Waals surface area (Å²) in [4.78, 5) is 20.7. The lowest BCUT2D eigenvalue weighted by Crippen LogP contribution is -2.49. The van der Waals surface area contributed by atoms with Crippen molar-refractivity contribution in [3.05, 3.63) is 48.9 Å². The lowest BCUT2D eigenvalue weighted by molar-refractivity contribution is -0.132. The number of pyridine rings is 1. The van der Waals surface area contributed by atoms with Gasteiger partial charge in [0.1, 0.15) is 12.4 Å². The van der Waals surface area contributed by atoms with Crippen LogP contribution in [0.5, 0.6) is 0 Å². The molecule has 104 valence electrons. The van der Waals surface area contributed by atoms with Gasteiger partial charge < -0.3 is 14.4 Å². The van der Waals surface area contributed by atoms with Gasteiger partial charge in [-0.1, -0.05) is 6.07 Å². The molecular weight excluding hydrogens is 252 g/mol. The maximum absolute atomic E-state index is 12.2. The van der Waals surface area contributed by atoms with Crippen molar-refractivity contribution in [1.82, 2.24) is 14.5 Å². The number of hydrogen-bond acceptors (Lipinski definition) is 3. The second kappa shape index (κ2) is 5.77. The van der Waals surface area contributed by atoms with Crippen LogP contribution < -0.4 is 4.90 Å². The van der Waals surface area contributed by atoms with Crippen LogP contribution in [0.3, 0.4) is 0 Å². The third-order valence-corrected chi connectivity index (χ3v) is 3.59. The van der Waals surface area contributed by atoms with E-state index in [9.17, 15) is 4.79 Å². The van der Waals surface area contributed by atoms with E-state index in [2.05, 4.69) is 9.88 Å². The number of piperazine rings is 1. The number of amides is 1. The molecule has 5 nitrogen and oxygen atoms in total. The summed E-state index contributed by atoms with van der Waals surface area (Å²) in [6.45, 7) is 3.63. The third kappa shape index (κ3) is 2.82. The van der Waals surface area contributed by atoms with Crippen molar-refractivity contribution >= 4 is 11.7 Å². The summed E-state index contributed by atoms with van der Waals surface area (Å²) in [6, 6.07) is 9.79. The Morgan fingerprint density at radius 2 is 1.80 bits per heavy atom. The molecule has 0 spiro atoms. The number of carbonyl (C=O) groups excluding carboxylic acids is 1. The zero-order valence-corrected chi connectivity index (χ0v) is 11.4. The summed E-state index contributed by atoms with van der Waals surface area (Å²) in [5.41, 5.74) is 0. The molecule has 3 heterocycles.